The average molecular weight is 402 g/mol. The zero-order valence-corrected chi connectivity index (χ0v) is 17.4. The lowest BCUT2D eigenvalue weighted by Crippen LogP contribution is -2.46. The Morgan fingerprint density at radius 3 is 2.34 bits per heavy atom. The molecule has 0 aliphatic carbocycles. The molecule has 1 aromatic rings. The Hall–Kier alpha value is -2.41. The molecule has 0 bridgehead atoms. The molecule has 1 N–H and O–H groups in total. The number of hydrogen-bond donors (Lipinski definition) is 1. The molecule has 2 heterocycles. The Morgan fingerprint density at radius 2 is 1.76 bits per heavy atom. The van der Waals surface area contributed by atoms with E-state index in [1.54, 1.807) is 0 Å². The van der Waals surface area contributed by atoms with Crippen molar-refractivity contribution in [3.8, 4) is 5.75 Å². The molecule has 158 valence electrons. The Kier molecular flexibility index (Phi) is 6.57. The van der Waals surface area contributed by atoms with Crippen LogP contribution < -0.4 is 10.1 Å². The van der Waals surface area contributed by atoms with Crippen LogP contribution in [0.4, 0.5) is 0 Å². The van der Waals surface area contributed by atoms with Gasteiger partial charge in [0.1, 0.15) is 11.4 Å². The van der Waals surface area contributed by atoms with E-state index in [0.717, 1.165) is 25.9 Å². The minimum atomic E-state index is -0.616. The molecule has 1 unspecified atom stereocenters. The van der Waals surface area contributed by atoms with Crippen LogP contribution >= 0.6 is 0 Å². The molecule has 0 radical (unpaired) electrons. The Labute approximate surface area is 171 Å². The zero-order chi connectivity index (χ0) is 21.0. The van der Waals surface area contributed by atoms with E-state index < -0.39 is 11.7 Å². The Balaban J connectivity index is 1.47. The van der Waals surface area contributed by atoms with Crippen molar-refractivity contribution in [2.24, 2.45) is 0 Å². The predicted octanol–water partition coefficient (Wildman–Crippen LogP) is 2.39. The number of hydrogen-bond acceptors (Lipinski definition) is 6. The monoisotopic (exact) mass is 402 g/mol. The van der Waals surface area contributed by atoms with E-state index in [0.29, 0.717) is 31.1 Å². The van der Waals surface area contributed by atoms with E-state index in [-0.39, 0.29) is 17.8 Å². The first-order valence-corrected chi connectivity index (χ1v) is 10.2. The highest BCUT2D eigenvalue weighted by molar-refractivity contribution is 5.99. The summed E-state index contributed by atoms with van der Waals surface area (Å²) in [7, 11) is 0. The summed E-state index contributed by atoms with van der Waals surface area (Å²) in [5.74, 6) is 0.275. The second-order valence-corrected chi connectivity index (χ2v) is 8.76. The van der Waals surface area contributed by atoms with Gasteiger partial charge in [-0.2, -0.15) is 0 Å². The van der Waals surface area contributed by atoms with E-state index in [9.17, 15) is 14.4 Å². The number of amides is 2. The van der Waals surface area contributed by atoms with E-state index in [1.165, 1.54) is 5.56 Å². The largest absolute Gasteiger partial charge is 0.481 e. The van der Waals surface area contributed by atoms with Gasteiger partial charge in [0.25, 0.3) is 5.91 Å². The van der Waals surface area contributed by atoms with Crippen LogP contribution in [0.2, 0.25) is 0 Å². The molecule has 7 nitrogen and oxygen atoms in total. The van der Waals surface area contributed by atoms with Gasteiger partial charge < -0.3 is 9.47 Å². The highest BCUT2D eigenvalue weighted by Crippen LogP contribution is 2.29. The van der Waals surface area contributed by atoms with Crippen LogP contribution in [0.3, 0.4) is 0 Å². The van der Waals surface area contributed by atoms with Crippen molar-refractivity contribution in [2.75, 3.05) is 19.6 Å². The summed E-state index contributed by atoms with van der Waals surface area (Å²) < 4.78 is 11.1. The fourth-order valence-electron chi connectivity index (χ4n) is 3.75. The maximum Gasteiger partial charge on any atom is 0.320 e. The predicted molar refractivity (Wildman–Crippen MR) is 108 cm³/mol. The lowest BCUT2D eigenvalue weighted by Gasteiger charge is -2.32. The molecule has 0 aromatic heterocycles. The molecule has 2 aliphatic rings. The number of ether oxygens (including phenoxy) is 2. The second-order valence-electron chi connectivity index (χ2n) is 8.76. The van der Waals surface area contributed by atoms with E-state index in [2.05, 4.69) is 10.2 Å². The van der Waals surface area contributed by atoms with E-state index in [4.69, 9.17) is 9.47 Å². The smallest absolute Gasteiger partial charge is 0.320 e. The van der Waals surface area contributed by atoms with Crippen LogP contribution in [0.1, 0.15) is 57.9 Å². The summed E-state index contributed by atoms with van der Waals surface area (Å²) in [4.78, 5) is 37.2. The number of imide groups is 1. The summed E-state index contributed by atoms with van der Waals surface area (Å²) in [6.07, 6.45) is 2.06. The molecule has 0 saturated carbocycles. The van der Waals surface area contributed by atoms with Gasteiger partial charge in [-0.1, -0.05) is 12.1 Å². The lowest BCUT2D eigenvalue weighted by molar-refractivity contribution is -0.156. The first kappa shape index (κ1) is 21.3. The van der Waals surface area contributed by atoms with Gasteiger partial charge in [0.15, 0.2) is 6.10 Å². The SMILES string of the molecule is CC(C)(C)OC(=O)CN1CCC(c2ccc(OC3CCC(=O)NC3=O)cc2)CC1. The van der Waals surface area contributed by atoms with Gasteiger partial charge in [0.05, 0.1) is 6.54 Å². The van der Waals surface area contributed by atoms with Crippen molar-refractivity contribution < 1.29 is 23.9 Å². The summed E-state index contributed by atoms with van der Waals surface area (Å²) in [6, 6.07) is 7.84. The van der Waals surface area contributed by atoms with Crippen molar-refractivity contribution in [3.63, 3.8) is 0 Å². The molecule has 7 heteroatoms. The number of esters is 1. The van der Waals surface area contributed by atoms with Gasteiger partial charge >= 0.3 is 5.97 Å². The van der Waals surface area contributed by atoms with Crippen LogP contribution in [0.15, 0.2) is 24.3 Å². The number of nitrogens with one attached hydrogen (secondary N) is 1. The fourth-order valence-corrected chi connectivity index (χ4v) is 3.75. The molecule has 0 spiro atoms. The van der Waals surface area contributed by atoms with E-state index in [1.807, 2.05) is 45.0 Å². The fraction of sp³-hybridized carbons (Fsp3) is 0.591. The first-order valence-electron chi connectivity index (χ1n) is 10.2. The number of likely N-dealkylation sites (tertiary alicyclic amines) is 1. The number of rotatable bonds is 5. The lowest BCUT2D eigenvalue weighted by atomic mass is 9.89. The van der Waals surface area contributed by atoms with Crippen LogP contribution in [-0.2, 0) is 19.1 Å². The highest BCUT2D eigenvalue weighted by Gasteiger charge is 2.28. The maximum atomic E-state index is 12.0. The molecule has 2 saturated heterocycles. The number of piperidine rings is 2. The van der Waals surface area contributed by atoms with Crippen LogP contribution in [0.25, 0.3) is 0 Å². The quantitative estimate of drug-likeness (QED) is 0.601. The van der Waals surface area contributed by atoms with Gasteiger partial charge in [-0.15, -0.1) is 0 Å². The zero-order valence-electron chi connectivity index (χ0n) is 17.4. The Bertz CT molecular complexity index is 745. The highest BCUT2D eigenvalue weighted by atomic mass is 16.6. The summed E-state index contributed by atoms with van der Waals surface area (Å²) in [5, 5.41) is 2.30. The number of nitrogens with zero attached hydrogens (tertiary/aromatic N) is 1. The van der Waals surface area contributed by atoms with Crippen molar-refractivity contribution in [1.29, 1.82) is 0 Å². The molecule has 2 fully saturated rings. The Morgan fingerprint density at radius 1 is 1.10 bits per heavy atom. The summed E-state index contributed by atoms with van der Waals surface area (Å²) >= 11 is 0. The topological polar surface area (TPSA) is 84.9 Å². The number of carbonyl (C=O) groups excluding carboxylic acids is 3. The number of benzene rings is 1. The van der Waals surface area contributed by atoms with Crippen molar-refractivity contribution in [2.45, 2.75) is 64.1 Å². The van der Waals surface area contributed by atoms with Gasteiger partial charge in [-0.05, 0) is 70.3 Å². The van der Waals surface area contributed by atoms with Gasteiger partial charge in [0, 0.05) is 12.8 Å². The molecule has 3 rings (SSSR count). The summed E-state index contributed by atoms with van der Waals surface area (Å²) in [5.41, 5.74) is 0.782. The third kappa shape index (κ3) is 6.29. The second kappa shape index (κ2) is 8.95. The van der Waals surface area contributed by atoms with Crippen LogP contribution in [0.5, 0.6) is 5.75 Å². The molecular formula is C22H30N2O5. The molecule has 1 aromatic carbocycles. The maximum absolute atomic E-state index is 12.0. The van der Waals surface area contributed by atoms with Crippen LogP contribution in [0, 0.1) is 0 Å². The third-order valence-corrected chi connectivity index (χ3v) is 5.18. The van der Waals surface area contributed by atoms with Gasteiger partial charge in [-0.3, -0.25) is 24.6 Å². The molecule has 2 aliphatic heterocycles. The molecule has 29 heavy (non-hydrogen) atoms. The van der Waals surface area contributed by atoms with E-state index >= 15 is 0 Å². The van der Waals surface area contributed by atoms with Gasteiger partial charge in [-0.25, -0.2) is 0 Å². The molecule has 2 amide bonds. The molecular weight excluding hydrogens is 372 g/mol. The third-order valence-electron chi connectivity index (χ3n) is 5.18. The van der Waals surface area contributed by atoms with Gasteiger partial charge in [0.2, 0.25) is 5.91 Å². The first-order chi connectivity index (χ1) is 13.7. The summed E-state index contributed by atoms with van der Waals surface area (Å²) in [6.45, 7) is 7.69. The van der Waals surface area contributed by atoms with Crippen molar-refractivity contribution in [3.05, 3.63) is 29.8 Å². The average Bonchev–Trinajstić information content (AvgIpc) is 2.64. The normalized spacial score (nSPS) is 21.6. The standard InChI is InChI=1S/C22H30N2O5/c1-22(2,3)29-20(26)14-24-12-10-16(11-13-24)15-4-6-17(7-5-15)28-18-8-9-19(25)23-21(18)27/h4-7,16,18H,8-14H2,1-3H3,(H,23,25,27). The number of carbonyl (C=O) groups is 3. The minimum absolute atomic E-state index is 0.175. The molecule has 1 atom stereocenters. The minimum Gasteiger partial charge on any atom is -0.481 e. The van der Waals surface area contributed by atoms with Crippen molar-refractivity contribution >= 4 is 17.8 Å². The van der Waals surface area contributed by atoms with Crippen LogP contribution in [-0.4, -0.2) is 54.0 Å². The van der Waals surface area contributed by atoms with Crippen molar-refractivity contribution in [1.82, 2.24) is 10.2 Å².